The summed E-state index contributed by atoms with van der Waals surface area (Å²) in [4.78, 5) is 22.6. The largest absolute Gasteiger partial charge is 0.461 e. The summed E-state index contributed by atoms with van der Waals surface area (Å²) in [6.07, 6.45) is -14.7. The van der Waals surface area contributed by atoms with Crippen LogP contribution in [0.4, 0.5) is 0 Å². The van der Waals surface area contributed by atoms with E-state index >= 15 is 0 Å². The van der Waals surface area contributed by atoms with Crippen molar-refractivity contribution >= 4 is 11.9 Å². The van der Waals surface area contributed by atoms with E-state index in [1.54, 1.807) is 0 Å². The van der Waals surface area contributed by atoms with Crippen LogP contribution in [0.1, 0.15) is 13.8 Å². The van der Waals surface area contributed by atoms with Gasteiger partial charge in [0.2, 0.25) is 0 Å². The van der Waals surface area contributed by atoms with Gasteiger partial charge in [-0.25, -0.2) is 9.59 Å². The topological polar surface area (TPSA) is 224 Å². The second kappa shape index (κ2) is 12.9. The second-order valence-electron chi connectivity index (χ2n) is 5.98. The molecule has 13 nitrogen and oxygen atoms in total. The molecule has 0 saturated heterocycles. The van der Waals surface area contributed by atoms with E-state index in [-0.39, 0.29) is 0 Å². The molecule has 0 radical (unpaired) electrons. The molecule has 0 aromatic heterocycles. The van der Waals surface area contributed by atoms with Crippen LogP contribution in [0, 0.1) is 0 Å². The third-order valence-electron chi connectivity index (χ3n) is 3.41. The van der Waals surface area contributed by atoms with Crippen molar-refractivity contribution < 1.29 is 64.7 Å². The highest BCUT2D eigenvalue weighted by molar-refractivity contribution is 5.74. The highest BCUT2D eigenvalue weighted by Crippen LogP contribution is 2.12. The minimum atomic E-state index is -2.21. The lowest BCUT2D eigenvalue weighted by Gasteiger charge is -2.30. The van der Waals surface area contributed by atoms with Crippen LogP contribution in [0.5, 0.6) is 0 Å². The van der Waals surface area contributed by atoms with E-state index in [0.29, 0.717) is 0 Å². The van der Waals surface area contributed by atoms with E-state index in [0.717, 1.165) is 13.8 Å². The average Bonchev–Trinajstić information content (AvgIpc) is 2.66. The summed E-state index contributed by atoms with van der Waals surface area (Å²) >= 11 is 0. The van der Waals surface area contributed by atoms with Gasteiger partial charge in [-0.1, -0.05) is 0 Å². The summed E-state index contributed by atoms with van der Waals surface area (Å²) in [7, 11) is 0. The second-order valence-corrected chi connectivity index (χ2v) is 5.98. The number of esters is 2. The average molecular weight is 416 g/mol. The number of hydrogen-bond acceptors (Lipinski definition) is 13. The van der Waals surface area contributed by atoms with Crippen molar-refractivity contribution in [1.29, 1.82) is 0 Å². The molecule has 7 atom stereocenters. The van der Waals surface area contributed by atoms with Crippen molar-refractivity contribution in [3.05, 3.63) is 0 Å². The number of carbonyl (C=O) groups is 2. The molecule has 3 unspecified atom stereocenters. The molecule has 0 aromatic rings. The summed E-state index contributed by atoms with van der Waals surface area (Å²) in [6, 6.07) is 0. The van der Waals surface area contributed by atoms with Crippen LogP contribution in [0.2, 0.25) is 0 Å². The van der Waals surface area contributed by atoms with Gasteiger partial charge >= 0.3 is 11.9 Å². The predicted octanol–water partition coefficient (Wildman–Crippen LogP) is -5.03. The van der Waals surface area contributed by atoms with Crippen molar-refractivity contribution in [3.8, 4) is 0 Å². The molecule has 0 aromatic carbocycles. The Balaban J connectivity index is 4.96. The Morgan fingerprint density at radius 1 is 0.750 bits per heavy atom. The molecule has 13 heteroatoms. The molecular weight excluding hydrogens is 388 g/mol. The van der Waals surface area contributed by atoms with Crippen molar-refractivity contribution in [2.75, 3.05) is 19.8 Å². The van der Waals surface area contributed by atoms with Gasteiger partial charge in [-0.3, -0.25) is 0 Å². The third-order valence-corrected chi connectivity index (χ3v) is 3.41. The normalized spacial score (nSPS) is 20.2. The zero-order valence-electron chi connectivity index (χ0n) is 15.4. The molecule has 0 heterocycles. The van der Waals surface area contributed by atoms with Crippen LogP contribution in [0.15, 0.2) is 0 Å². The molecule has 0 bridgehead atoms. The Hall–Kier alpha value is -1.42. The molecular formula is C15H28O13. The van der Waals surface area contributed by atoms with Crippen LogP contribution in [0.3, 0.4) is 0 Å². The summed E-state index contributed by atoms with van der Waals surface area (Å²) in [6.45, 7) is -0.00485. The number of hydrogen-bond donors (Lipinski definition) is 8. The zero-order valence-corrected chi connectivity index (χ0v) is 15.4. The smallest absolute Gasteiger partial charge is 0.334 e. The van der Waals surface area contributed by atoms with Crippen molar-refractivity contribution in [1.82, 2.24) is 0 Å². The van der Waals surface area contributed by atoms with Crippen LogP contribution in [-0.2, 0) is 23.8 Å². The molecule has 0 spiro atoms. The fourth-order valence-corrected chi connectivity index (χ4v) is 1.70. The Morgan fingerprint density at radius 2 is 1.18 bits per heavy atom. The van der Waals surface area contributed by atoms with Crippen LogP contribution in [-0.4, -0.2) is 122 Å². The maximum absolute atomic E-state index is 11.3. The number of ether oxygens (including phenoxy) is 3. The minimum Gasteiger partial charge on any atom is -0.461 e. The van der Waals surface area contributed by atoms with E-state index in [1.807, 2.05) is 0 Å². The number of aliphatic hydroxyl groups is 8. The highest BCUT2D eigenvalue weighted by Gasteiger charge is 2.36. The monoisotopic (exact) mass is 416 g/mol. The molecule has 28 heavy (non-hydrogen) atoms. The fraction of sp³-hybridized carbons (Fsp3) is 0.867. The summed E-state index contributed by atoms with van der Waals surface area (Å²) in [5.41, 5.74) is 0. The van der Waals surface area contributed by atoms with Crippen molar-refractivity contribution in [2.45, 2.75) is 62.9 Å². The third kappa shape index (κ3) is 9.18. The Kier molecular flexibility index (Phi) is 12.3. The van der Waals surface area contributed by atoms with Gasteiger partial charge in [0, 0.05) is 0 Å². The highest BCUT2D eigenvalue weighted by atomic mass is 16.7. The molecule has 0 saturated carbocycles. The van der Waals surface area contributed by atoms with Gasteiger partial charge < -0.3 is 55.1 Å². The van der Waals surface area contributed by atoms with Crippen LogP contribution < -0.4 is 0 Å². The standard InChI is InChI=1S/C15H28O13/c1-6(17)13(23)26-4-8(5-27-14(24)7(2)18)28-15(25)12(22)11(21)10(20)9(19)3-16/h6-12,15-22,25H,3-5H2,1-2H3/t6?,7?,8?,9-,10-,11+,12-,15?/m1/s1. The summed E-state index contributed by atoms with van der Waals surface area (Å²) in [5, 5.41) is 75.0. The molecule has 166 valence electrons. The summed E-state index contributed by atoms with van der Waals surface area (Å²) in [5.74, 6) is -2.13. The maximum atomic E-state index is 11.3. The molecule has 0 rings (SSSR count). The maximum Gasteiger partial charge on any atom is 0.334 e. The van der Waals surface area contributed by atoms with Gasteiger partial charge in [0.05, 0.1) is 6.61 Å². The zero-order chi connectivity index (χ0) is 22.0. The lowest BCUT2D eigenvalue weighted by atomic mass is 10.0. The fourth-order valence-electron chi connectivity index (χ4n) is 1.70. The van der Waals surface area contributed by atoms with Crippen LogP contribution in [0.25, 0.3) is 0 Å². The minimum absolute atomic E-state index is 0.654. The van der Waals surface area contributed by atoms with Gasteiger partial charge in [-0.05, 0) is 13.8 Å². The lowest BCUT2D eigenvalue weighted by Crippen LogP contribution is -2.51. The predicted molar refractivity (Wildman–Crippen MR) is 87.3 cm³/mol. The van der Waals surface area contributed by atoms with Crippen molar-refractivity contribution in [2.24, 2.45) is 0 Å². The van der Waals surface area contributed by atoms with Gasteiger partial charge in [0.1, 0.15) is 55.9 Å². The van der Waals surface area contributed by atoms with Crippen molar-refractivity contribution in [3.63, 3.8) is 0 Å². The van der Waals surface area contributed by atoms with Gasteiger partial charge in [-0.15, -0.1) is 0 Å². The quantitative estimate of drug-likeness (QED) is 0.104. The Bertz CT molecular complexity index is 445. The lowest BCUT2D eigenvalue weighted by molar-refractivity contribution is -0.239. The van der Waals surface area contributed by atoms with E-state index in [2.05, 4.69) is 9.47 Å². The van der Waals surface area contributed by atoms with Crippen LogP contribution >= 0.6 is 0 Å². The van der Waals surface area contributed by atoms with E-state index in [9.17, 15) is 35.1 Å². The van der Waals surface area contributed by atoms with E-state index in [1.165, 1.54) is 0 Å². The first-order chi connectivity index (χ1) is 12.9. The Labute approximate surface area is 160 Å². The Morgan fingerprint density at radius 3 is 1.54 bits per heavy atom. The van der Waals surface area contributed by atoms with Gasteiger partial charge in [0.15, 0.2) is 6.29 Å². The first kappa shape index (κ1) is 26.6. The molecule has 0 fully saturated rings. The number of carbonyl (C=O) groups excluding carboxylic acids is 2. The van der Waals surface area contributed by atoms with Gasteiger partial charge in [0.25, 0.3) is 0 Å². The first-order valence-corrected chi connectivity index (χ1v) is 8.28. The molecule has 8 N–H and O–H groups in total. The number of rotatable bonds is 13. The SMILES string of the molecule is CC(O)C(=O)OCC(COC(=O)C(C)O)OC(O)[C@H](O)[C@@H](O)[C@H](O)[C@H](O)CO. The summed E-state index contributed by atoms with van der Waals surface area (Å²) < 4.78 is 14.2. The molecule has 0 amide bonds. The molecule has 0 aliphatic rings. The number of aliphatic hydroxyl groups excluding tert-OH is 8. The molecule has 0 aliphatic carbocycles. The first-order valence-electron chi connectivity index (χ1n) is 8.28. The van der Waals surface area contributed by atoms with Gasteiger partial charge in [-0.2, -0.15) is 0 Å². The van der Waals surface area contributed by atoms with E-state index in [4.69, 9.17) is 20.1 Å². The van der Waals surface area contributed by atoms with E-state index < -0.39 is 80.8 Å². The molecule has 0 aliphatic heterocycles.